The van der Waals surface area contributed by atoms with Gasteiger partial charge in [-0.2, -0.15) is 0 Å². The van der Waals surface area contributed by atoms with E-state index >= 15 is 0 Å². The molecule has 0 spiro atoms. The van der Waals surface area contributed by atoms with E-state index < -0.39 is 18.0 Å². The van der Waals surface area contributed by atoms with Crippen molar-refractivity contribution in [1.82, 2.24) is 5.32 Å². The topological polar surface area (TPSA) is 90.9 Å². The van der Waals surface area contributed by atoms with Crippen LogP contribution in [-0.2, 0) is 19.1 Å². The van der Waals surface area contributed by atoms with Crippen LogP contribution in [-0.4, -0.2) is 38.3 Å². The summed E-state index contributed by atoms with van der Waals surface area (Å²) in [5.41, 5.74) is 0. The lowest BCUT2D eigenvalue weighted by molar-refractivity contribution is -0.139. The summed E-state index contributed by atoms with van der Waals surface area (Å²) in [4.78, 5) is 33.2. The van der Waals surface area contributed by atoms with Gasteiger partial charge in [-0.1, -0.05) is 18.2 Å². The Morgan fingerprint density at radius 1 is 1.10 bits per heavy atom. The molecule has 0 aliphatic carbocycles. The summed E-state index contributed by atoms with van der Waals surface area (Å²) in [6.07, 6.45) is 1.23. The van der Waals surface area contributed by atoms with Crippen LogP contribution < -0.4 is 10.1 Å². The number of benzene rings is 1. The molecule has 1 amide bonds. The highest BCUT2D eigenvalue weighted by molar-refractivity contribution is 5.91. The van der Waals surface area contributed by atoms with Gasteiger partial charge in [0.15, 0.2) is 0 Å². The third-order valence-corrected chi connectivity index (χ3v) is 2.13. The second-order valence-corrected chi connectivity index (χ2v) is 3.65. The van der Waals surface area contributed by atoms with Gasteiger partial charge in [-0.25, -0.2) is 14.4 Å². The number of carbonyl (C=O) groups is 3. The molecule has 0 aliphatic rings. The lowest BCUT2D eigenvalue weighted by Gasteiger charge is -2.06. The quantitative estimate of drug-likeness (QED) is 0.479. The van der Waals surface area contributed by atoms with E-state index in [2.05, 4.69) is 10.1 Å². The summed E-state index contributed by atoms with van der Waals surface area (Å²) in [5.74, 6) is -0.955. The number of esters is 2. The Hall–Kier alpha value is -2.83. The Kier molecular flexibility index (Phi) is 7.06. The molecule has 7 nitrogen and oxygen atoms in total. The number of methoxy groups -OCH3 is 1. The molecule has 0 fully saturated rings. The summed E-state index contributed by atoms with van der Waals surface area (Å²) in [7, 11) is 1.19. The first-order valence-corrected chi connectivity index (χ1v) is 6.05. The van der Waals surface area contributed by atoms with Crippen LogP contribution in [0.4, 0.5) is 4.79 Å². The Bertz CT molecular complexity index is 511. The van der Waals surface area contributed by atoms with Crippen LogP contribution in [0.25, 0.3) is 0 Å². The van der Waals surface area contributed by atoms with E-state index in [1.165, 1.54) is 7.11 Å². The van der Waals surface area contributed by atoms with Crippen LogP contribution in [0.5, 0.6) is 5.75 Å². The van der Waals surface area contributed by atoms with Gasteiger partial charge in [0.25, 0.3) is 0 Å². The zero-order valence-corrected chi connectivity index (χ0v) is 11.4. The van der Waals surface area contributed by atoms with E-state index in [0.717, 1.165) is 12.2 Å². The fraction of sp³-hybridized carbons (Fsp3) is 0.214. The van der Waals surface area contributed by atoms with Gasteiger partial charge in [-0.05, 0) is 12.1 Å². The molecular formula is C14H15NO6. The summed E-state index contributed by atoms with van der Waals surface area (Å²) < 4.78 is 14.0. The highest BCUT2D eigenvalue weighted by Crippen LogP contribution is 2.07. The zero-order chi connectivity index (χ0) is 15.5. The molecule has 1 aromatic carbocycles. The molecule has 1 N–H and O–H groups in total. The SMILES string of the molecule is COC(=O)/C=C/C(=O)OCCNC(=O)Oc1ccccc1. The number of ether oxygens (including phenoxy) is 3. The average Bonchev–Trinajstić information content (AvgIpc) is 2.50. The molecular weight excluding hydrogens is 278 g/mol. The molecule has 0 aromatic heterocycles. The largest absolute Gasteiger partial charge is 0.466 e. The Balaban J connectivity index is 2.16. The minimum atomic E-state index is -0.710. The van der Waals surface area contributed by atoms with Gasteiger partial charge in [-0.15, -0.1) is 0 Å². The summed E-state index contributed by atoms with van der Waals surface area (Å²) >= 11 is 0. The van der Waals surface area contributed by atoms with Crippen molar-refractivity contribution < 1.29 is 28.6 Å². The normalized spacial score (nSPS) is 9.95. The number of amides is 1. The molecule has 1 rings (SSSR count). The number of para-hydroxylation sites is 1. The predicted octanol–water partition coefficient (Wildman–Crippen LogP) is 1.05. The van der Waals surface area contributed by atoms with Crippen LogP contribution in [0.3, 0.4) is 0 Å². The van der Waals surface area contributed by atoms with E-state index in [1.54, 1.807) is 30.3 Å². The number of rotatable bonds is 6. The van der Waals surface area contributed by atoms with Crippen molar-refractivity contribution in [2.75, 3.05) is 20.3 Å². The molecule has 0 saturated heterocycles. The van der Waals surface area contributed by atoms with Gasteiger partial charge in [0.2, 0.25) is 0 Å². The Labute approximate surface area is 121 Å². The second-order valence-electron chi connectivity index (χ2n) is 3.65. The van der Waals surface area contributed by atoms with Gasteiger partial charge < -0.3 is 19.5 Å². The first-order chi connectivity index (χ1) is 10.1. The maximum Gasteiger partial charge on any atom is 0.412 e. The fourth-order valence-electron chi connectivity index (χ4n) is 1.19. The molecule has 0 aliphatic heterocycles. The number of hydrogen-bond acceptors (Lipinski definition) is 6. The van der Waals surface area contributed by atoms with E-state index in [9.17, 15) is 14.4 Å². The maximum atomic E-state index is 11.4. The summed E-state index contributed by atoms with van der Waals surface area (Å²) in [5, 5.41) is 2.41. The van der Waals surface area contributed by atoms with Gasteiger partial charge >= 0.3 is 18.0 Å². The number of carbonyl (C=O) groups excluding carboxylic acids is 3. The van der Waals surface area contributed by atoms with Crippen molar-refractivity contribution in [3.8, 4) is 5.75 Å². The fourth-order valence-corrected chi connectivity index (χ4v) is 1.19. The second kappa shape index (κ2) is 9.13. The highest BCUT2D eigenvalue weighted by atomic mass is 16.6. The highest BCUT2D eigenvalue weighted by Gasteiger charge is 2.04. The predicted molar refractivity (Wildman–Crippen MR) is 72.6 cm³/mol. The van der Waals surface area contributed by atoms with Gasteiger partial charge in [0, 0.05) is 12.2 Å². The zero-order valence-electron chi connectivity index (χ0n) is 11.4. The molecule has 1 aromatic rings. The number of nitrogens with one attached hydrogen (secondary N) is 1. The summed E-state index contributed by atoms with van der Waals surface area (Å²) in [6.45, 7) is 0.0394. The van der Waals surface area contributed by atoms with E-state index in [1.807, 2.05) is 0 Å². The van der Waals surface area contributed by atoms with Gasteiger partial charge in [-0.3, -0.25) is 0 Å². The molecule has 0 heterocycles. The number of hydrogen-bond donors (Lipinski definition) is 1. The van der Waals surface area contributed by atoms with Crippen LogP contribution in [0.1, 0.15) is 0 Å². The van der Waals surface area contributed by atoms with E-state index in [0.29, 0.717) is 5.75 Å². The van der Waals surface area contributed by atoms with Crippen molar-refractivity contribution in [3.63, 3.8) is 0 Å². The van der Waals surface area contributed by atoms with Crippen molar-refractivity contribution >= 4 is 18.0 Å². The van der Waals surface area contributed by atoms with Crippen LogP contribution >= 0.6 is 0 Å². The van der Waals surface area contributed by atoms with Crippen molar-refractivity contribution in [2.45, 2.75) is 0 Å². The molecule has 112 valence electrons. The van der Waals surface area contributed by atoms with E-state index in [4.69, 9.17) is 9.47 Å². The molecule has 0 atom stereocenters. The monoisotopic (exact) mass is 293 g/mol. The van der Waals surface area contributed by atoms with Crippen molar-refractivity contribution in [2.24, 2.45) is 0 Å². The molecule has 0 bridgehead atoms. The van der Waals surface area contributed by atoms with Gasteiger partial charge in [0.05, 0.1) is 13.7 Å². The third-order valence-electron chi connectivity index (χ3n) is 2.13. The molecule has 0 radical (unpaired) electrons. The van der Waals surface area contributed by atoms with Crippen LogP contribution in [0.15, 0.2) is 42.5 Å². The molecule has 21 heavy (non-hydrogen) atoms. The smallest absolute Gasteiger partial charge is 0.412 e. The van der Waals surface area contributed by atoms with Crippen molar-refractivity contribution in [3.05, 3.63) is 42.5 Å². The van der Waals surface area contributed by atoms with Crippen molar-refractivity contribution in [1.29, 1.82) is 0 Å². The maximum absolute atomic E-state index is 11.4. The van der Waals surface area contributed by atoms with Crippen LogP contribution in [0.2, 0.25) is 0 Å². The van der Waals surface area contributed by atoms with Gasteiger partial charge in [0.1, 0.15) is 12.4 Å². The lowest BCUT2D eigenvalue weighted by Crippen LogP contribution is -2.30. The summed E-state index contributed by atoms with van der Waals surface area (Å²) in [6, 6.07) is 8.54. The Morgan fingerprint density at radius 3 is 2.43 bits per heavy atom. The molecule has 0 saturated carbocycles. The average molecular weight is 293 g/mol. The Morgan fingerprint density at radius 2 is 1.76 bits per heavy atom. The first-order valence-electron chi connectivity index (χ1n) is 6.05. The molecule has 0 unspecified atom stereocenters. The molecule has 7 heteroatoms. The minimum Gasteiger partial charge on any atom is -0.466 e. The van der Waals surface area contributed by atoms with Crippen LogP contribution in [0, 0.1) is 0 Å². The third kappa shape index (κ3) is 7.36. The minimum absolute atomic E-state index is 0.0474. The standard InChI is InChI=1S/C14H15NO6/c1-19-12(16)7-8-13(17)20-10-9-15-14(18)21-11-5-3-2-4-6-11/h2-8H,9-10H2,1H3,(H,15,18)/b8-7+. The van der Waals surface area contributed by atoms with E-state index in [-0.39, 0.29) is 13.2 Å². The first kappa shape index (κ1) is 16.2. The lowest BCUT2D eigenvalue weighted by atomic mass is 10.3.